The zero-order valence-corrected chi connectivity index (χ0v) is 11.7. The summed E-state index contributed by atoms with van der Waals surface area (Å²) in [4.78, 5) is 0. The van der Waals surface area contributed by atoms with E-state index in [4.69, 9.17) is 9.47 Å². The van der Waals surface area contributed by atoms with E-state index in [0.29, 0.717) is 26.4 Å². The lowest BCUT2D eigenvalue weighted by atomic mass is 10.1. The van der Waals surface area contributed by atoms with Crippen molar-refractivity contribution in [2.75, 3.05) is 19.8 Å². The molecule has 1 unspecified atom stereocenters. The van der Waals surface area contributed by atoms with E-state index in [1.54, 1.807) is 0 Å². The van der Waals surface area contributed by atoms with Crippen molar-refractivity contribution in [3.8, 4) is 0 Å². The molecule has 1 N–H and O–H groups in total. The third kappa shape index (κ3) is 5.70. The van der Waals surface area contributed by atoms with Gasteiger partial charge < -0.3 is 14.6 Å². The van der Waals surface area contributed by atoms with Gasteiger partial charge in [-0.15, -0.1) is 0 Å². The Hall–Kier alpha value is -1.42. The van der Waals surface area contributed by atoms with Crippen LogP contribution in [0.5, 0.6) is 0 Å². The summed E-state index contributed by atoms with van der Waals surface area (Å²) >= 11 is 0. The number of hydrogen-bond donors (Lipinski definition) is 1. The fourth-order valence-electron chi connectivity index (χ4n) is 2.03. The minimum absolute atomic E-state index is 0.299. The van der Waals surface area contributed by atoms with Crippen LogP contribution in [0.15, 0.2) is 54.1 Å². The summed E-state index contributed by atoms with van der Waals surface area (Å²) in [6.45, 7) is 1.73. The Kier molecular flexibility index (Phi) is 6.51. The van der Waals surface area contributed by atoms with Crippen LogP contribution in [0, 0.1) is 0 Å². The lowest BCUT2D eigenvalue weighted by Gasteiger charge is -2.14. The molecule has 1 aliphatic rings. The first kappa shape index (κ1) is 15.0. The van der Waals surface area contributed by atoms with Gasteiger partial charge in [-0.25, -0.2) is 0 Å². The quantitative estimate of drug-likeness (QED) is 0.792. The summed E-state index contributed by atoms with van der Waals surface area (Å²) in [5, 5.41) is 9.77. The standard InChI is InChI=1S/C17H22O3/c18-17(13-19-11-15-7-3-1-4-8-15)14-20-12-16-9-5-2-6-10-16/h1-5,7-9,17-18H,6,10-14H2. The van der Waals surface area contributed by atoms with Crippen LogP contribution in [0.2, 0.25) is 0 Å². The van der Waals surface area contributed by atoms with Crippen molar-refractivity contribution in [1.82, 2.24) is 0 Å². The summed E-state index contributed by atoms with van der Waals surface area (Å²) in [6, 6.07) is 9.94. The van der Waals surface area contributed by atoms with Crippen LogP contribution < -0.4 is 0 Å². The van der Waals surface area contributed by atoms with Crippen molar-refractivity contribution in [2.45, 2.75) is 25.6 Å². The number of rotatable bonds is 8. The monoisotopic (exact) mass is 274 g/mol. The van der Waals surface area contributed by atoms with Gasteiger partial charge in [-0.3, -0.25) is 0 Å². The molecule has 0 bridgehead atoms. The van der Waals surface area contributed by atoms with Gasteiger partial charge in [-0.1, -0.05) is 48.6 Å². The molecule has 1 aliphatic carbocycles. The molecule has 2 rings (SSSR count). The molecule has 3 nitrogen and oxygen atoms in total. The van der Waals surface area contributed by atoms with E-state index in [2.05, 4.69) is 18.2 Å². The molecule has 0 saturated heterocycles. The lowest BCUT2D eigenvalue weighted by Crippen LogP contribution is -2.22. The molecular formula is C17H22O3. The summed E-state index contributed by atoms with van der Waals surface area (Å²) in [7, 11) is 0. The van der Waals surface area contributed by atoms with Crippen LogP contribution in [-0.4, -0.2) is 31.0 Å². The fourth-order valence-corrected chi connectivity index (χ4v) is 2.03. The van der Waals surface area contributed by atoms with Gasteiger partial charge in [-0.05, 0) is 24.0 Å². The minimum Gasteiger partial charge on any atom is -0.388 e. The van der Waals surface area contributed by atoms with Crippen LogP contribution in [0.25, 0.3) is 0 Å². The molecule has 1 atom stereocenters. The van der Waals surface area contributed by atoms with Crippen molar-refractivity contribution >= 4 is 0 Å². The highest BCUT2D eigenvalue weighted by Gasteiger charge is 2.06. The molecule has 0 aliphatic heterocycles. The second kappa shape index (κ2) is 8.69. The van der Waals surface area contributed by atoms with E-state index in [9.17, 15) is 5.11 Å². The maximum absolute atomic E-state index is 9.77. The van der Waals surface area contributed by atoms with Gasteiger partial charge in [0.1, 0.15) is 6.10 Å². The van der Waals surface area contributed by atoms with Gasteiger partial charge in [0.2, 0.25) is 0 Å². The average molecular weight is 274 g/mol. The smallest absolute Gasteiger partial charge is 0.101 e. The van der Waals surface area contributed by atoms with Crippen molar-refractivity contribution in [2.24, 2.45) is 0 Å². The SMILES string of the molecule is OC(COCC1=CC=CCC1)COCc1ccccc1. The van der Waals surface area contributed by atoms with E-state index >= 15 is 0 Å². The predicted molar refractivity (Wildman–Crippen MR) is 79.4 cm³/mol. The Balaban J connectivity index is 1.55. The van der Waals surface area contributed by atoms with Crippen LogP contribution in [0.4, 0.5) is 0 Å². The molecule has 1 aromatic rings. The second-order valence-corrected chi connectivity index (χ2v) is 4.96. The molecule has 0 saturated carbocycles. The molecule has 0 heterocycles. The van der Waals surface area contributed by atoms with Gasteiger partial charge in [0, 0.05) is 0 Å². The number of aliphatic hydroxyl groups is 1. The maximum atomic E-state index is 9.77. The van der Waals surface area contributed by atoms with Crippen LogP contribution in [0.3, 0.4) is 0 Å². The summed E-state index contributed by atoms with van der Waals surface area (Å²) < 4.78 is 11.0. The Bertz CT molecular complexity index is 437. The Morgan fingerprint density at radius 3 is 2.50 bits per heavy atom. The fraction of sp³-hybridized carbons (Fsp3) is 0.412. The lowest BCUT2D eigenvalue weighted by molar-refractivity contribution is -0.0193. The predicted octanol–water partition coefficient (Wildman–Crippen LogP) is 2.86. The van der Waals surface area contributed by atoms with Crippen molar-refractivity contribution in [3.05, 3.63) is 59.7 Å². The summed E-state index contributed by atoms with van der Waals surface area (Å²) in [6.07, 6.45) is 7.85. The van der Waals surface area contributed by atoms with E-state index < -0.39 is 6.10 Å². The summed E-state index contributed by atoms with van der Waals surface area (Å²) in [5.74, 6) is 0. The Morgan fingerprint density at radius 1 is 1.05 bits per heavy atom. The molecule has 0 fully saturated rings. The van der Waals surface area contributed by atoms with E-state index in [0.717, 1.165) is 18.4 Å². The molecule has 0 aromatic heterocycles. The van der Waals surface area contributed by atoms with Gasteiger partial charge in [0.05, 0.1) is 26.4 Å². The highest BCUT2D eigenvalue weighted by Crippen LogP contribution is 2.11. The van der Waals surface area contributed by atoms with Crippen LogP contribution >= 0.6 is 0 Å². The molecule has 0 amide bonds. The average Bonchev–Trinajstić information content (AvgIpc) is 2.49. The van der Waals surface area contributed by atoms with Crippen molar-refractivity contribution in [1.29, 1.82) is 0 Å². The topological polar surface area (TPSA) is 38.7 Å². The van der Waals surface area contributed by atoms with Gasteiger partial charge in [-0.2, -0.15) is 0 Å². The Labute approximate surface area is 120 Å². The normalized spacial score (nSPS) is 15.9. The number of aliphatic hydroxyl groups excluding tert-OH is 1. The van der Waals surface area contributed by atoms with Gasteiger partial charge in [0.25, 0.3) is 0 Å². The Morgan fingerprint density at radius 2 is 1.80 bits per heavy atom. The number of ether oxygens (including phenoxy) is 2. The third-order valence-electron chi connectivity index (χ3n) is 3.12. The van der Waals surface area contributed by atoms with Crippen molar-refractivity contribution in [3.63, 3.8) is 0 Å². The van der Waals surface area contributed by atoms with E-state index in [1.165, 1.54) is 5.57 Å². The molecule has 20 heavy (non-hydrogen) atoms. The molecule has 0 radical (unpaired) electrons. The van der Waals surface area contributed by atoms with Gasteiger partial charge in [0.15, 0.2) is 0 Å². The number of benzene rings is 1. The molecule has 0 spiro atoms. The number of hydrogen-bond acceptors (Lipinski definition) is 3. The zero-order valence-electron chi connectivity index (χ0n) is 11.7. The first-order valence-electron chi connectivity index (χ1n) is 7.06. The molecule has 1 aromatic carbocycles. The highest BCUT2D eigenvalue weighted by molar-refractivity contribution is 5.17. The van der Waals surface area contributed by atoms with Gasteiger partial charge >= 0.3 is 0 Å². The van der Waals surface area contributed by atoms with E-state index in [1.807, 2.05) is 30.3 Å². The molecular weight excluding hydrogens is 252 g/mol. The van der Waals surface area contributed by atoms with Crippen LogP contribution in [0.1, 0.15) is 18.4 Å². The summed E-state index contributed by atoms with van der Waals surface area (Å²) in [5.41, 5.74) is 2.39. The second-order valence-electron chi connectivity index (χ2n) is 4.96. The van der Waals surface area contributed by atoms with Crippen molar-refractivity contribution < 1.29 is 14.6 Å². The first-order chi connectivity index (χ1) is 9.84. The maximum Gasteiger partial charge on any atom is 0.101 e. The van der Waals surface area contributed by atoms with E-state index in [-0.39, 0.29) is 0 Å². The third-order valence-corrected chi connectivity index (χ3v) is 3.12. The first-order valence-corrected chi connectivity index (χ1v) is 7.06. The zero-order chi connectivity index (χ0) is 14.0. The molecule has 108 valence electrons. The largest absolute Gasteiger partial charge is 0.388 e. The highest BCUT2D eigenvalue weighted by atomic mass is 16.5. The minimum atomic E-state index is -0.571. The van der Waals surface area contributed by atoms with Crippen LogP contribution in [-0.2, 0) is 16.1 Å². The number of allylic oxidation sites excluding steroid dienone is 3. The molecule has 3 heteroatoms.